The van der Waals surface area contributed by atoms with Crippen molar-refractivity contribution in [3.8, 4) is 0 Å². The second-order valence-corrected chi connectivity index (χ2v) is 5.29. The van der Waals surface area contributed by atoms with Crippen LogP contribution in [0.25, 0.3) is 0 Å². The minimum Gasteiger partial charge on any atom is -0.393 e. The zero-order valence-electron chi connectivity index (χ0n) is 10.1. The summed E-state index contributed by atoms with van der Waals surface area (Å²) < 4.78 is 0. The molecule has 1 atom stereocenters. The maximum Gasteiger partial charge on any atom is 0.0591 e. The van der Waals surface area contributed by atoms with E-state index in [1.165, 1.54) is 11.1 Å². The molecule has 1 heterocycles. The number of hydrogen-bond donors (Lipinski definition) is 1. The molecule has 15 heavy (non-hydrogen) atoms. The molecule has 0 saturated heterocycles. The van der Waals surface area contributed by atoms with E-state index in [1.807, 2.05) is 19.3 Å². The van der Waals surface area contributed by atoms with Gasteiger partial charge in [-0.25, -0.2) is 0 Å². The highest BCUT2D eigenvalue weighted by atomic mass is 16.3. The predicted octanol–water partition coefficient (Wildman–Crippen LogP) is 2.73. The monoisotopic (exact) mass is 207 g/mol. The van der Waals surface area contributed by atoms with E-state index in [1.54, 1.807) is 0 Å². The number of aliphatic hydroxyl groups excluding tert-OH is 1. The molecule has 84 valence electrons. The van der Waals surface area contributed by atoms with Crippen molar-refractivity contribution in [1.82, 2.24) is 4.98 Å². The molecule has 0 radical (unpaired) electrons. The van der Waals surface area contributed by atoms with Crippen LogP contribution in [0.1, 0.15) is 38.3 Å². The van der Waals surface area contributed by atoms with Crippen molar-refractivity contribution in [3.63, 3.8) is 0 Å². The van der Waals surface area contributed by atoms with Gasteiger partial charge in [-0.15, -0.1) is 0 Å². The summed E-state index contributed by atoms with van der Waals surface area (Å²) in [6.07, 6.45) is 5.17. The molecule has 0 aliphatic rings. The van der Waals surface area contributed by atoms with Crippen molar-refractivity contribution in [2.24, 2.45) is 5.41 Å². The highest BCUT2D eigenvalue weighted by Crippen LogP contribution is 2.22. The van der Waals surface area contributed by atoms with Crippen LogP contribution in [0.15, 0.2) is 18.5 Å². The van der Waals surface area contributed by atoms with E-state index >= 15 is 0 Å². The summed E-state index contributed by atoms with van der Waals surface area (Å²) in [5, 5.41) is 9.90. The molecule has 0 bridgehead atoms. The van der Waals surface area contributed by atoms with Gasteiger partial charge in [-0.2, -0.15) is 0 Å². The van der Waals surface area contributed by atoms with Gasteiger partial charge in [0.05, 0.1) is 6.10 Å². The van der Waals surface area contributed by atoms with Crippen LogP contribution < -0.4 is 0 Å². The minimum absolute atomic E-state index is 0.0305. The quantitative estimate of drug-likeness (QED) is 0.826. The van der Waals surface area contributed by atoms with Crippen LogP contribution >= 0.6 is 0 Å². The molecular formula is C13H21NO. The molecule has 1 aromatic heterocycles. The van der Waals surface area contributed by atoms with E-state index in [2.05, 4.69) is 31.8 Å². The minimum atomic E-state index is -0.252. The van der Waals surface area contributed by atoms with E-state index < -0.39 is 0 Å². The Bertz CT molecular complexity index is 315. The molecule has 1 rings (SSSR count). The van der Waals surface area contributed by atoms with Crippen molar-refractivity contribution < 1.29 is 5.11 Å². The average Bonchev–Trinajstić information content (AvgIpc) is 2.12. The third kappa shape index (κ3) is 4.00. The van der Waals surface area contributed by atoms with Gasteiger partial charge in [-0.05, 0) is 36.3 Å². The van der Waals surface area contributed by atoms with Gasteiger partial charge in [0.15, 0.2) is 0 Å². The molecular weight excluding hydrogens is 186 g/mol. The molecule has 0 spiro atoms. The highest BCUT2D eigenvalue weighted by molar-refractivity contribution is 5.16. The lowest BCUT2D eigenvalue weighted by Crippen LogP contribution is -2.26. The fourth-order valence-electron chi connectivity index (χ4n) is 1.49. The number of aromatic nitrogens is 1. The van der Waals surface area contributed by atoms with Crippen molar-refractivity contribution in [2.75, 3.05) is 0 Å². The Morgan fingerprint density at radius 3 is 2.53 bits per heavy atom. The predicted molar refractivity (Wildman–Crippen MR) is 62.8 cm³/mol. The normalized spacial score (nSPS) is 13.9. The van der Waals surface area contributed by atoms with Gasteiger partial charge in [0.25, 0.3) is 0 Å². The Hall–Kier alpha value is -0.890. The third-order valence-electron chi connectivity index (χ3n) is 2.64. The van der Waals surface area contributed by atoms with Crippen molar-refractivity contribution >= 4 is 0 Å². The van der Waals surface area contributed by atoms with Gasteiger partial charge in [-0.1, -0.05) is 26.8 Å². The summed E-state index contributed by atoms with van der Waals surface area (Å²) in [7, 11) is 0. The Morgan fingerprint density at radius 1 is 1.33 bits per heavy atom. The first kappa shape index (κ1) is 12.2. The zero-order valence-corrected chi connectivity index (χ0v) is 10.1. The first-order chi connectivity index (χ1) is 6.89. The number of nitrogens with zero attached hydrogens (tertiary/aromatic N) is 1. The summed E-state index contributed by atoms with van der Waals surface area (Å²) in [5.41, 5.74) is 2.35. The number of rotatable bonds is 3. The smallest absolute Gasteiger partial charge is 0.0591 e. The summed E-state index contributed by atoms with van der Waals surface area (Å²) in [4.78, 5) is 4.14. The van der Waals surface area contributed by atoms with Crippen LogP contribution in [0.3, 0.4) is 0 Å². The van der Waals surface area contributed by atoms with Crippen LogP contribution in [0, 0.1) is 12.3 Å². The second kappa shape index (κ2) is 4.75. The second-order valence-electron chi connectivity index (χ2n) is 5.29. The van der Waals surface area contributed by atoms with Gasteiger partial charge in [0.1, 0.15) is 0 Å². The van der Waals surface area contributed by atoms with Crippen molar-refractivity contribution in [3.05, 3.63) is 29.6 Å². The van der Waals surface area contributed by atoms with Gasteiger partial charge < -0.3 is 5.11 Å². The van der Waals surface area contributed by atoms with Crippen molar-refractivity contribution in [2.45, 2.75) is 46.6 Å². The maximum atomic E-state index is 9.90. The fraction of sp³-hybridized carbons (Fsp3) is 0.615. The SMILES string of the molecule is Cc1cncc(CCC(O)C(C)(C)C)c1. The topological polar surface area (TPSA) is 33.1 Å². The molecule has 0 aliphatic heterocycles. The Balaban J connectivity index is 2.51. The summed E-state index contributed by atoms with van der Waals surface area (Å²) >= 11 is 0. The fourth-order valence-corrected chi connectivity index (χ4v) is 1.49. The Labute approximate surface area is 92.4 Å². The molecule has 0 aromatic carbocycles. The van der Waals surface area contributed by atoms with E-state index in [0.717, 1.165) is 12.8 Å². The van der Waals surface area contributed by atoms with E-state index in [0.29, 0.717) is 0 Å². The van der Waals surface area contributed by atoms with E-state index in [-0.39, 0.29) is 11.5 Å². The molecule has 1 aromatic rings. The number of hydrogen-bond acceptors (Lipinski definition) is 2. The first-order valence-electron chi connectivity index (χ1n) is 5.48. The first-order valence-corrected chi connectivity index (χ1v) is 5.48. The van der Waals surface area contributed by atoms with Gasteiger partial charge in [0, 0.05) is 12.4 Å². The van der Waals surface area contributed by atoms with Gasteiger partial charge in [-0.3, -0.25) is 4.98 Å². The number of pyridine rings is 1. The van der Waals surface area contributed by atoms with Crippen molar-refractivity contribution in [1.29, 1.82) is 0 Å². The van der Waals surface area contributed by atoms with Crippen LogP contribution in [0.4, 0.5) is 0 Å². The molecule has 0 saturated carbocycles. The van der Waals surface area contributed by atoms with Crippen LogP contribution in [0.5, 0.6) is 0 Å². The van der Waals surface area contributed by atoms with Crippen LogP contribution in [0.2, 0.25) is 0 Å². The lowest BCUT2D eigenvalue weighted by atomic mass is 9.86. The van der Waals surface area contributed by atoms with Crippen LogP contribution in [-0.2, 0) is 6.42 Å². The summed E-state index contributed by atoms with van der Waals surface area (Å²) in [6, 6.07) is 2.13. The standard InChI is InChI=1S/C13H21NO/c1-10-7-11(9-14-8-10)5-6-12(15)13(2,3)4/h7-9,12,15H,5-6H2,1-4H3. The lowest BCUT2D eigenvalue weighted by Gasteiger charge is -2.25. The molecule has 1 N–H and O–H groups in total. The lowest BCUT2D eigenvalue weighted by molar-refractivity contribution is 0.0560. The molecule has 0 aliphatic carbocycles. The number of aliphatic hydroxyl groups is 1. The zero-order chi connectivity index (χ0) is 11.5. The maximum absolute atomic E-state index is 9.90. The number of aryl methyl sites for hydroxylation is 2. The van der Waals surface area contributed by atoms with E-state index in [4.69, 9.17) is 0 Å². The Morgan fingerprint density at radius 2 is 2.00 bits per heavy atom. The molecule has 2 nitrogen and oxygen atoms in total. The molecule has 1 unspecified atom stereocenters. The Kier molecular flexibility index (Phi) is 3.86. The average molecular weight is 207 g/mol. The summed E-state index contributed by atoms with van der Waals surface area (Å²) in [5.74, 6) is 0. The molecule has 0 amide bonds. The molecule has 0 fully saturated rings. The summed E-state index contributed by atoms with van der Waals surface area (Å²) in [6.45, 7) is 8.22. The van der Waals surface area contributed by atoms with Crippen LogP contribution in [-0.4, -0.2) is 16.2 Å². The largest absolute Gasteiger partial charge is 0.393 e. The third-order valence-corrected chi connectivity index (χ3v) is 2.64. The highest BCUT2D eigenvalue weighted by Gasteiger charge is 2.21. The van der Waals surface area contributed by atoms with Gasteiger partial charge in [0.2, 0.25) is 0 Å². The van der Waals surface area contributed by atoms with E-state index in [9.17, 15) is 5.11 Å². The van der Waals surface area contributed by atoms with Gasteiger partial charge >= 0.3 is 0 Å². The molecule has 2 heteroatoms.